The van der Waals surface area contributed by atoms with Gasteiger partial charge >= 0.3 is 0 Å². The molecule has 0 aromatic heterocycles. The summed E-state index contributed by atoms with van der Waals surface area (Å²) < 4.78 is 10.4. The van der Waals surface area contributed by atoms with E-state index in [1.807, 2.05) is 30.3 Å². The van der Waals surface area contributed by atoms with Crippen molar-refractivity contribution in [1.29, 1.82) is 0 Å². The third-order valence-electron chi connectivity index (χ3n) is 3.03. The molecule has 0 radical (unpaired) electrons. The van der Waals surface area contributed by atoms with Crippen molar-refractivity contribution in [2.75, 3.05) is 20.1 Å². The van der Waals surface area contributed by atoms with Gasteiger partial charge in [-0.1, -0.05) is 30.3 Å². The Morgan fingerprint density at radius 1 is 1.29 bits per heavy atom. The average Bonchev–Trinajstić information content (AvgIpc) is 2.81. The Kier molecular flexibility index (Phi) is 7.40. The van der Waals surface area contributed by atoms with E-state index in [0.29, 0.717) is 19.2 Å². The zero-order valence-electron chi connectivity index (χ0n) is 13.5. The predicted molar refractivity (Wildman–Crippen MR) is 84.0 cm³/mol. The number of nitrogens with zero attached hydrogens (tertiary/aromatic N) is 1. The van der Waals surface area contributed by atoms with Crippen LogP contribution >= 0.6 is 0 Å². The first-order valence-electron chi connectivity index (χ1n) is 7.36. The Morgan fingerprint density at radius 2 is 1.95 bits per heavy atom. The van der Waals surface area contributed by atoms with Crippen LogP contribution in [0, 0.1) is 0 Å². The summed E-state index contributed by atoms with van der Waals surface area (Å²) in [5.74, 6) is 0. The lowest BCUT2D eigenvalue weighted by molar-refractivity contribution is -0.129. The Balaban J connectivity index is 0.000000211. The second-order valence-electron chi connectivity index (χ2n) is 6.30. The molecule has 4 heteroatoms. The molecule has 0 amide bonds. The van der Waals surface area contributed by atoms with Crippen molar-refractivity contribution in [3.8, 4) is 0 Å². The molecule has 0 aliphatic carbocycles. The molecule has 0 spiro atoms. The van der Waals surface area contributed by atoms with Gasteiger partial charge in [0.05, 0.1) is 11.7 Å². The Labute approximate surface area is 128 Å². The standard InChI is InChI=1S/C9H19NO.C8H8O2/c1-9(2,3)11-8-5-6-10(4)7-8;9-7-10-6-8-4-2-1-3-5-8/h8H,5-7H2,1-4H3;1-5,7H,6H2. The van der Waals surface area contributed by atoms with Crippen LogP contribution in [0.4, 0.5) is 0 Å². The number of likely N-dealkylation sites (tertiary alicyclic amines) is 1. The maximum Gasteiger partial charge on any atom is 0.293 e. The van der Waals surface area contributed by atoms with Crippen LogP contribution in [0.25, 0.3) is 0 Å². The lowest BCUT2D eigenvalue weighted by Gasteiger charge is -2.24. The number of ether oxygens (including phenoxy) is 2. The first-order valence-corrected chi connectivity index (χ1v) is 7.36. The lowest BCUT2D eigenvalue weighted by atomic mass is 10.2. The summed E-state index contributed by atoms with van der Waals surface area (Å²) in [4.78, 5) is 12.1. The van der Waals surface area contributed by atoms with Crippen LogP contribution in [0.2, 0.25) is 0 Å². The normalized spacial score (nSPS) is 18.8. The highest BCUT2D eigenvalue weighted by Crippen LogP contribution is 2.17. The molecule has 1 aromatic rings. The molecule has 0 N–H and O–H groups in total. The molecule has 21 heavy (non-hydrogen) atoms. The molecule has 1 aliphatic rings. The fourth-order valence-electron chi connectivity index (χ4n) is 2.20. The van der Waals surface area contributed by atoms with Crippen LogP contribution < -0.4 is 0 Å². The molecule has 0 saturated carbocycles. The monoisotopic (exact) mass is 293 g/mol. The zero-order chi connectivity index (χ0) is 15.7. The van der Waals surface area contributed by atoms with Gasteiger partial charge in [0.15, 0.2) is 0 Å². The van der Waals surface area contributed by atoms with Crippen molar-refractivity contribution < 1.29 is 14.3 Å². The van der Waals surface area contributed by atoms with Gasteiger partial charge in [-0.05, 0) is 39.8 Å². The van der Waals surface area contributed by atoms with Crippen molar-refractivity contribution in [3.05, 3.63) is 35.9 Å². The molecule has 1 aromatic carbocycles. The summed E-state index contributed by atoms with van der Waals surface area (Å²) in [5.41, 5.74) is 1.03. The van der Waals surface area contributed by atoms with Crippen molar-refractivity contribution in [1.82, 2.24) is 4.90 Å². The SMILES string of the molecule is CN1CCC(OC(C)(C)C)C1.O=COCc1ccccc1. The molecule has 1 unspecified atom stereocenters. The van der Waals surface area contributed by atoms with Gasteiger partial charge in [-0.25, -0.2) is 0 Å². The first kappa shape index (κ1) is 17.7. The van der Waals surface area contributed by atoms with E-state index in [1.165, 1.54) is 13.0 Å². The molecule has 1 atom stereocenters. The van der Waals surface area contributed by atoms with Crippen LogP contribution in [0.5, 0.6) is 0 Å². The van der Waals surface area contributed by atoms with Gasteiger partial charge in [0.2, 0.25) is 0 Å². The lowest BCUT2D eigenvalue weighted by Crippen LogP contribution is -2.29. The minimum absolute atomic E-state index is 0.0237. The fourth-order valence-corrected chi connectivity index (χ4v) is 2.20. The van der Waals surface area contributed by atoms with Crippen LogP contribution in [-0.4, -0.2) is 43.2 Å². The molecule has 1 aliphatic heterocycles. The van der Waals surface area contributed by atoms with Crippen molar-refractivity contribution >= 4 is 6.47 Å². The van der Waals surface area contributed by atoms with E-state index < -0.39 is 0 Å². The number of carbonyl (C=O) groups excluding carboxylic acids is 1. The highest BCUT2D eigenvalue weighted by Gasteiger charge is 2.24. The molecule has 4 nitrogen and oxygen atoms in total. The van der Waals surface area contributed by atoms with Crippen molar-refractivity contribution in [3.63, 3.8) is 0 Å². The number of benzene rings is 1. The summed E-state index contributed by atoms with van der Waals surface area (Å²) in [6.07, 6.45) is 1.65. The van der Waals surface area contributed by atoms with Crippen LogP contribution in [0.15, 0.2) is 30.3 Å². The zero-order valence-corrected chi connectivity index (χ0v) is 13.5. The number of hydrogen-bond acceptors (Lipinski definition) is 4. The molecule has 1 fully saturated rings. The van der Waals surface area contributed by atoms with Gasteiger partial charge < -0.3 is 14.4 Å². The first-order chi connectivity index (χ1) is 9.90. The van der Waals surface area contributed by atoms with E-state index in [-0.39, 0.29) is 5.60 Å². The van der Waals surface area contributed by atoms with Gasteiger partial charge in [0.1, 0.15) is 6.61 Å². The molecule has 1 saturated heterocycles. The predicted octanol–water partition coefficient (Wildman–Crippen LogP) is 2.87. The quantitative estimate of drug-likeness (QED) is 0.800. The number of likely N-dealkylation sites (N-methyl/N-ethyl adjacent to an activating group) is 1. The van der Waals surface area contributed by atoms with Crippen LogP contribution in [-0.2, 0) is 20.9 Å². The van der Waals surface area contributed by atoms with Gasteiger partial charge in [-0.3, -0.25) is 4.79 Å². The van der Waals surface area contributed by atoms with E-state index in [1.54, 1.807) is 0 Å². The number of rotatable bonds is 4. The molecular weight excluding hydrogens is 266 g/mol. The van der Waals surface area contributed by atoms with Gasteiger partial charge in [0.25, 0.3) is 6.47 Å². The van der Waals surface area contributed by atoms with Crippen LogP contribution in [0.1, 0.15) is 32.8 Å². The number of carbonyl (C=O) groups is 1. The minimum atomic E-state index is 0.0237. The van der Waals surface area contributed by atoms with Crippen LogP contribution in [0.3, 0.4) is 0 Å². The smallest absolute Gasteiger partial charge is 0.293 e. The maximum atomic E-state index is 9.76. The highest BCUT2D eigenvalue weighted by molar-refractivity contribution is 5.37. The molecular formula is C17H27NO3. The van der Waals surface area contributed by atoms with E-state index in [0.717, 1.165) is 12.1 Å². The minimum Gasteiger partial charge on any atom is -0.463 e. The molecule has 118 valence electrons. The number of hydrogen-bond donors (Lipinski definition) is 0. The summed E-state index contributed by atoms with van der Waals surface area (Å²) in [6, 6.07) is 9.55. The summed E-state index contributed by atoms with van der Waals surface area (Å²) in [7, 11) is 2.14. The maximum absolute atomic E-state index is 9.76. The third-order valence-corrected chi connectivity index (χ3v) is 3.03. The van der Waals surface area contributed by atoms with Crippen molar-refractivity contribution in [2.45, 2.75) is 45.5 Å². The van der Waals surface area contributed by atoms with Gasteiger partial charge in [-0.15, -0.1) is 0 Å². The summed E-state index contributed by atoms with van der Waals surface area (Å²) in [5, 5.41) is 0. The molecule has 1 heterocycles. The fraction of sp³-hybridized carbons (Fsp3) is 0.588. The topological polar surface area (TPSA) is 38.8 Å². The second-order valence-corrected chi connectivity index (χ2v) is 6.30. The average molecular weight is 293 g/mol. The Bertz CT molecular complexity index is 400. The Morgan fingerprint density at radius 3 is 2.43 bits per heavy atom. The van der Waals surface area contributed by atoms with E-state index >= 15 is 0 Å². The van der Waals surface area contributed by atoms with Gasteiger partial charge in [-0.2, -0.15) is 0 Å². The second kappa shape index (κ2) is 8.80. The highest BCUT2D eigenvalue weighted by atomic mass is 16.5. The largest absolute Gasteiger partial charge is 0.463 e. The van der Waals surface area contributed by atoms with E-state index in [2.05, 4.69) is 37.5 Å². The molecule has 2 rings (SSSR count). The summed E-state index contributed by atoms with van der Waals surface area (Å²) in [6.45, 7) is 9.44. The molecule has 0 bridgehead atoms. The Hall–Kier alpha value is -1.39. The van der Waals surface area contributed by atoms with Gasteiger partial charge in [0, 0.05) is 13.1 Å². The summed E-state index contributed by atoms with van der Waals surface area (Å²) >= 11 is 0. The van der Waals surface area contributed by atoms with E-state index in [9.17, 15) is 4.79 Å². The van der Waals surface area contributed by atoms with E-state index in [4.69, 9.17) is 4.74 Å². The van der Waals surface area contributed by atoms with Crippen molar-refractivity contribution in [2.24, 2.45) is 0 Å². The third kappa shape index (κ3) is 8.48.